The minimum absolute atomic E-state index is 0.0545. The number of carbonyl (C=O) groups excluding carboxylic acids is 1. The quantitative estimate of drug-likeness (QED) is 0.179. The third-order valence-corrected chi connectivity index (χ3v) is 1.41. The molecule has 1 amide bonds. The molecule has 0 aliphatic carbocycles. The van der Waals surface area contributed by atoms with Gasteiger partial charge in [0.15, 0.2) is 5.84 Å². The Morgan fingerprint density at radius 3 is 2.75 bits per heavy atom. The van der Waals surface area contributed by atoms with E-state index in [1.54, 1.807) is 6.92 Å². The van der Waals surface area contributed by atoms with Crippen molar-refractivity contribution in [1.82, 2.24) is 10.6 Å². The first-order valence-electron chi connectivity index (χ1n) is 3.53. The second-order valence-electron chi connectivity index (χ2n) is 2.30. The highest BCUT2D eigenvalue weighted by Crippen LogP contribution is 1.79. The lowest BCUT2D eigenvalue weighted by molar-refractivity contribution is -0.119. The van der Waals surface area contributed by atoms with Gasteiger partial charge in [0.2, 0.25) is 5.91 Å². The first-order valence-corrected chi connectivity index (χ1v) is 3.53. The summed E-state index contributed by atoms with van der Waals surface area (Å²) in [5, 5.41) is 16.2. The molecule has 6 nitrogen and oxygen atoms in total. The predicted octanol–water partition coefficient (Wildman–Crippen LogP) is -1.54. The van der Waals surface area contributed by atoms with E-state index in [1.807, 2.05) is 0 Å². The van der Waals surface area contributed by atoms with E-state index in [9.17, 15) is 4.79 Å². The van der Waals surface area contributed by atoms with Gasteiger partial charge in [-0.05, 0) is 6.92 Å². The van der Waals surface area contributed by atoms with Crippen LogP contribution in [0.4, 0.5) is 0 Å². The number of oxime groups is 1. The Morgan fingerprint density at radius 2 is 2.33 bits per heavy atom. The van der Waals surface area contributed by atoms with Gasteiger partial charge in [-0.1, -0.05) is 5.16 Å². The van der Waals surface area contributed by atoms with Gasteiger partial charge >= 0.3 is 0 Å². The minimum atomic E-state index is -0.313. The predicted molar refractivity (Wildman–Crippen MR) is 44.9 cm³/mol. The van der Waals surface area contributed by atoms with Gasteiger partial charge in [0, 0.05) is 7.05 Å². The molecule has 0 aliphatic heterocycles. The highest BCUT2D eigenvalue weighted by Gasteiger charge is 2.07. The maximum atomic E-state index is 10.7. The number of amides is 1. The second kappa shape index (κ2) is 5.36. The van der Waals surface area contributed by atoms with Gasteiger partial charge < -0.3 is 16.3 Å². The molecular formula is C6H14N4O2. The number of hydrogen-bond acceptors (Lipinski definition) is 4. The van der Waals surface area contributed by atoms with E-state index in [-0.39, 0.29) is 24.3 Å². The summed E-state index contributed by atoms with van der Waals surface area (Å²) in [5.41, 5.74) is 5.25. The maximum absolute atomic E-state index is 10.7. The molecule has 0 spiro atoms. The van der Waals surface area contributed by atoms with Gasteiger partial charge in [0.05, 0.1) is 12.6 Å². The van der Waals surface area contributed by atoms with Crippen LogP contribution in [0.1, 0.15) is 6.92 Å². The summed E-state index contributed by atoms with van der Waals surface area (Å²) in [4.78, 5) is 10.7. The third kappa shape index (κ3) is 3.77. The molecule has 0 bridgehead atoms. The fourth-order valence-corrected chi connectivity index (χ4v) is 0.525. The van der Waals surface area contributed by atoms with E-state index in [4.69, 9.17) is 10.9 Å². The maximum Gasteiger partial charge on any atom is 0.233 e. The van der Waals surface area contributed by atoms with Crippen LogP contribution in [0.3, 0.4) is 0 Å². The first kappa shape index (κ1) is 10.7. The SMILES string of the molecule is CNC(=O)CNC(C)C(N)=NO. The standard InChI is InChI=1S/C6H14N4O2/c1-4(6(7)10-12)9-3-5(11)8-2/h4,9,12H,3H2,1-2H3,(H2,7,10)(H,8,11). The van der Waals surface area contributed by atoms with E-state index >= 15 is 0 Å². The van der Waals surface area contributed by atoms with Crippen LogP contribution in [0, 0.1) is 0 Å². The van der Waals surface area contributed by atoms with Crippen molar-refractivity contribution < 1.29 is 10.0 Å². The molecule has 1 atom stereocenters. The van der Waals surface area contributed by atoms with Crippen molar-refractivity contribution >= 4 is 11.7 Å². The molecule has 12 heavy (non-hydrogen) atoms. The second-order valence-corrected chi connectivity index (χ2v) is 2.30. The Morgan fingerprint density at radius 1 is 1.75 bits per heavy atom. The van der Waals surface area contributed by atoms with Crippen molar-refractivity contribution in [3.8, 4) is 0 Å². The lowest BCUT2D eigenvalue weighted by Gasteiger charge is -2.10. The normalized spacial score (nSPS) is 14.0. The smallest absolute Gasteiger partial charge is 0.233 e. The fraction of sp³-hybridized carbons (Fsp3) is 0.667. The summed E-state index contributed by atoms with van der Waals surface area (Å²) >= 11 is 0. The number of nitrogens with zero attached hydrogens (tertiary/aromatic N) is 1. The third-order valence-electron chi connectivity index (χ3n) is 1.41. The number of nitrogens with two attached hydrogens (primary N) is 1. The van der Waals surface area contributed by atoms with Gasteiger partial charge in [-0.3, -0.25) is 10.1 Å². The Balaban J connectivity index is 3.71. The molecule has 0 rings (SSSR count). The fourth-order valence-electron chi connectivity index (χ4n) is 0.525. The van der Waals surface area contributed by atoms with Crippen molar-refractivity contribution in [2.75, 3.05) is 13.6 Å². The Bertz CT molecular complexity index is 180. The summed E-state index contributed by atoms with van der Waals surface area (Å²) in [6, 6.07) is -0.313. The van der Waals surface area contributed by atoms with Crippen LogP contribution in [0.5, 0.6) is 0 Å². The van der Waals surface area contributed by atoms with Gasteiger partial charge in [0.25, 0.3) is 0 Å². The molecule has 6 heteroatoms. The van der Waals surface area contributed by atoms with Gasteiger partial charge in [-0.25, -0.2) is 0 Å². The zero-order valence-electron chi connectivity index (χ0n) is 7.16. The molecule has 5 N–H and O–H groups in total. The number of hydrogen-bond donors (Lipinski definition) is 4. The van der Waals surface area contributed by atoms with Crippen molar-refractivity contribution in [2.45, 2.75) is 13.0 Å². The van der Waals surface area contributed by atoms with Crippen molar-refractivity contribution in [2.24, 2.45) is 10.9 Å². The molecule has 70 valence electrons. The molecule has 0 aromatic heterocycles. The number of likely N-dealkylation sites (N-methyl/N-ethyl adjacent to an activating group) is 1. The van der Waals surface area contributed by atoms with Gasteiger partial charge in [-0.2, -0.15) is 0 Å². The van der Waals surface area contributed by atoms with Crippen LogP contribution in [0.25, 0.3) is 0 Å². The molecule has 1 unspecified atom stereocenters. The average molecular weight is 174 g/mol. The molecule has 0 saturated carbocycles. The summed E-state index contributed by atoms with van der Waals surface area (Å²) in [5.74, 6) is -0.0912. The van der Waals surface area contributed by atoms with E-state index < -0.39 is 0 Å². The first-order chi connectivity index (χ1) is 5.61. The van der Waals surface area contributed by atoms with Crippen LogP contribution < -0.4 is 16.4 Å². The molecule has 0 aromatic carbocycles. The highest BCUT2D eigenvalue weighted by atomic mass is 16.4. The molecular weight excluding hydrogens is 160 g/mol. The number of amidine groups is 1. The monoisotopic (exact) mass is 174 g/mol. The topological polar surface area (TPSA) is 99.7 Å². The van der Waals surface area contributed by atoms with Crippen LogP contribution >= 0.6 is 0 Å². The summed E-state index contributed by atoms with van der Waals surface area (Å²) in [7, 11) is 1.54. The van der Waals surface area contributed by atoms with Crippen LogP contribution in [-0.4, -0.2) is 36.6 Å². The lowest BCUT2D eigenvalue weighted by Crippen LogP contribution is -2.43. The Labute approximate surface area is 70.8 Å². The molecule has 0 radical (unpaired) electrons. The van der Waals surface area contributed by atoms with Crippen LogP contribution in [0.2, 0.25) is 0 Å². The average Bonchev–Trinajstić information content (AvgIpc) is 2.11. The Kier molecular flexibility index (Phi) is 4.78. The molecule has 0 aromatic rings. The Hall–Kier alpha value is -1.30. The van der Waals surface area contributed by atoms with Crippen LogP contribution in [0.15, 0.2) is 5.16 Å². The number of nitrogens with one attached hydrogen (secondary N) is 2. The minimum Gasteiger partial charge on any atom is -0.409 e. The van der Waals surface area contributed by atoms with E-state index in [2.05, 4.69) is 15.8 Å². The lowest BCUT2D eigenvalue weighted by atomic mass is 10.3. The van der Waals surface area contributed by atoms with E-state index in [0.717, 1.165) is 0 Å². The van der Waals surface area contributed by atoms with Crippen LogP contribution in [-0.2, 0) is 4.79 Å². The molecule has 0 fully saturated rings. The summed E-state index contributed by atoms with van der Waals surface area (Å²) < 4.78 is 0. The molecule has 0 heterocycles. The number of carbonyl (C=O) groups is 1. The van der Waals surface area contributed by atoms with Crippen molar-refractivity contribution in [3.63, 3.8) is 0 Å². The van der Waals surface area contributed by atoms with E-state index in [0.29, 0.717) is 0 Å². The largest absolute Gasteiger partial charge is 0.409 e. The van der Waals surface area contributed by atoms with E-state index in [1.165, 1.54) is 7.05 Å². The van der Waals surface area contributed by atoms with Gasteiger partial charge in [-0.15, -0.1) is 0 Å². The van der Waals surface area contributed by atoms with Gasteiger partial charge in [0.1, 0.15) is 0 Å². The van der Waals surface area contributed by atoms with Crippen molar-refractivity contribution in [1.29, 1.82) is 0 Å². The number of rotatable bonds is 4. The zero-order chi connectivity index (χ0) is 9.56. The summed E-state index contributed by atoms with van der Waals surface area (Å²) in [6.45, 7) is 1.84. The molecule has 0 saturated heterocycles. The zero-order valence-corrected chi connectivity index (χ0v) is 7.16. The highest BCUT2D eigenvalue weighted by molar-refractivity contribution is 5.85. The molecule has 0 aliphatic rings. The summed E-state index contributed by atoms with van der Waals surface area (Å²) in [6.07, 6.45) is 0. The van der Waals surface area contributed by atoms with Crippen molar-refractivity contribution in [3.05, 3.63) is 0 Å².